The molecule has 1 aromatic carbocycles. The fraction of sp³-hybridized carbons (Fsp3) is 0.333. The molecule has 0 spiro atoms. The molecule has 4 heteroatoms. The number of hydrogen-bond acceptors (Lipinski definition) is 3. The van der Waals surface area contributed by atoms with Gasteiger partial charge in [0, 0.05) is 11.5 Å². The van der Waals surface area contributed by atoms with Crippen LogP contribution in [0.4, 0.5) is 0 Å². The van der Waals surface area contributed by atoms with Gasteiger partial charge in [0.25, 0.3) is 0 Å². The number of carboxylic acids is 1. The van der Waals surface area contributed by atoms with Crippen LogP contribution >= 0.6 is 0 Å². The van der Waals surface area contributed by atoms with Crippen LogP contribution in [-0.4, -0.2) is 23.5 Å². The highest BCUT2D eigenvalue weighted by Gasteiger charge is 2.23. The molecule has 16 heavy (non-hydrogen) atoms. The SMILES string of the molecule is CC(C)[C@@H](Oc1ccc(C=O)cc1)C(=O)O. The van der Waals surface area contributed by atoms with E-state index in [0.717, 1.165) is 6.29 Å². The maximum absolute atomic E-state index is 10.9. The molecule has 0 amide bonds. The van der Waals surface area contributed by atoms with Crippen LogP contribution in [0.1, 0.15) is 24.2 Å². The average molecular weight is 222 g/mol. The van der Waals surface area contributed by atoms with Crippen molar-refractivity contribution in [2.45, 2.75) is 20.0 Å². The summed E-state index contributed by atoms with van der Waals surface area (Å²) in [6, 6.07) is 6.34. The van der Waals surface area contributed by atoms with E-state index in [1.54, 1.807) is 38.1 Å². The van der Waals surface area contributed by atoms with Crippen molar-refractivity contribution in [3.8, 4) is 5.75 Å². The molecule has 86 valence electrons. The molecule has 1 aromatic rings. The van der Waals surface area contributed by atoms with Gasteiger partial charge in [-0.25, -0.2) is 4.79 Å². The van der Waals surface area contributed by atoms with Gasteiger partial charge in [-0.15, -0.1) is 0 Å². The first kappa shape index (κ1) is 12.2. The molecule has 0 saturated heterocycles. The molecule has 0 bridgehead atoms. The van der Waals surface area contributed by atoms with Gasteiger partial charge in [-0.3, -0.25) is 4.79 Å². The lowest BCUT2D eigenvalue weighted by atomic mass is 10.1. The van der Waals surface area contributed by atoms with Crippen LogP contribution in [0.3, 0.4) is 0 Å². The van der Waals surface area contributed by atoms with E-state index in [0.29, 0.717) is 11.3 Å². The van der Waals surface area contributed by atoms with Crippen molar-refractivity contribution in [3.63, 3.8) is 0 Å². The number of aliphatic carboxylic acids is 1. The van der Waals surface area contributed by atoms with Crippen LogP contribution in [0, 0.1) is 5.92 Å². The Morgan fingerprint density at radius 2 is 1.88 bits per heavy atom. The Hall–Kier alpha value is -1.84. The molecule has 4 nitrogen and oxygen atoms in total. The second-order valence-corrected chi connectivity index (χ2v) is 3.81. The third-order valence-corrected chi connectivity index (χ3v) is 2.13. The number of carboxylic acid groups (broad SMARTS) is 1. The smallest absolute Gasteiger partial charge is 0.345 e. The van der Waals surface area contributed by atoms with E-state index >= 15 is 0 Å². The quantitative estimate of drug-likeness (QED) is 0.774. The average Bonchev–Trinajstić information content (AvgIpc) is 2.25. The molecule has 0 aliphatic heterocycles. The zero-order valence-electron chi connectivity index (χ0n) is 9.21. The van der Waals surface area contributed by atoms with Crippen LogP contribution in [-0.2, 0) is 4.79 Å². The van der Waals surface area contributed by atoms with Gasteiger partial charge in [0.15, 0.2) is 6.10 Å². The highest BCUT2D eigenvalue weighted by Crippen LogP contribution is 2.16. The molecule has 1 atom stereocenters. The third-order valence-electron chi connectivity index (χ3n) is 2.13. The summed E-state index contributed by atoms with van der Waals surface area (Å²) in [5.74, 6) is -0.663. The highest BCUT2D eigenvalue weighted by atomic mass is 16.5. The van der Waals surface area contributed by atoms with Crippen molar-refractivity contribution in [3.05, 3.63) is 29.8 Å². The highest BCUT2D eigenvalue weighted by molar-refractivity contribution is 5.75. The van der Waals surface area contributed by atoms with Gasteiger partial charge in [0.2, 0.25) is 0 Å². The second kappa shape index (κ2) is 5.30. The van der Waals surface area contributed by atoms with Gasteiger partial charge >= 0.3 is 5.97 Å². The number of carbonyl (C=O) groups excluding carboxylic acids is 1. The standard InChI is InChI=1S/C12H14O4/c1-8(2)11(12(14)15)16-10-5-3-9(7-13)4-6-10/h3-8,11H,1-2H3,(H,14,15)/t11-/m1/s1. The van der Waals surface area contributed by atoms with E-state index < -0.39 is 12.1 Å². The fourth-order valence-electron chi connectivity index (χ4n) is 1.24. The monoisotopic (exact) mass is 222 g/mol. The number of ether oxygens (including phenoxy) is 1. The molecule has 0 aliphatic rings. The van der Waals surface area contributed by atoms with Crippen LogP contribution in [0.5, 0.6) is 5.75 Å². The molecular weight excluding hydrogens is 208 g/mol. The number of rotatable bonds is 5. The molecule has 0 heterocycles. The zero-order valence-corrected chi connectivity index (χ0v) is 9.21. The molecule has 1 rings (SSSR count). The Morgan fingerprint density at radius 3 is 2.25 bits per heavy atom. The minimum Gasteiger partial charge on any atom is -0.478 e. The molecule has 1 N–H and O–H groups in total. The maximum atomic E-state index is 10.9. The van der Waals surface area contributed by atoms with Gasteiger partial charge in [-0.05, 0) is 24.3 Å². The van der Waals surface area contributed by atoms with Crippen molar-refractivity contribution in [2.24, 2.45) is 5.92 Å². The Morgan fingerprint density at radius 1 is 1.31 bits per heavy atom. The van der Waals surface area contributed by atoms with E-state index in [1.165, 1.54) is 0 Å². The van der Waals surface area contributed by atoms with Crippen molar-refractivity contribution in [1.82, 2.24) is 0 Å². The fourth-order valence-corrected chi connectivity index (χ4v) is 1.24. The minimum atomic E-state index is -0.991. The van der Waals surface area contributed by atoms with Crippen molar-refractivity contribution in [2.75, 3.05) is 0 Å². The minimum absolute atomic E-state index is 0.122. The van der Waals surface area contributed by atoms with Crippen molar-refractivity contribution < 1.29 is 19.4 Å². The van der Waals surface area contributed by atoms with Crippen LogP contribution in [0.15, 0.2) is 24.3 Å². The second-order valence-electron chi connectivity index (χ2n) is 3.81. The molecule has 0 aliphatic carbocycles. The van der Waals surface area contributed by atoms with E-state index in [1.807, 2.05) is 0 Å². The predicted octanol–water partition coefficient (Wildman–Crippen LogP) is 1.99. The summed E-state index contributed by atoms with van der Waals surface area (Å²) in [5, 5.41) is 8.92. The molecular formula is C12H14O4. The Balaban J connectivity index is 2.77. The lowest BCUT2D eigenvalue weighted by Gasteiger charge is -2.18. The Kier molecular flexibility index (Phi) is 4.05. The molecule has 0 fully saturated rings. The zero-order chi connectivity index (χ0) is 12.1. The maximum Gasteiger partial charge on any atom is 0.345 e. The lowest BCUT2D eigenvalue weighted by molar-refractivity contribution is -0.147. The summed E-state index contributed by atoms with van der Waals surface area (Å²) < 4.78 is 5.32. The molecule has 0 saturated carbocycles. The Labute approximate surface area is 93.9 Å². The van der Waals surface area contributed by atoms with Gasteiger partial charge in [0.05, 0.1) is 0 Å². The van der Waals surface area contributed by atoms with Crippen LogP contribution < -0.4 is 4.74 Å². The normalized spacial score (nSPS) is 12.2. The topological polar surface area (TPSA) is 63.6 Å². The summed E-state index contributed by atoms with van der Waals surface area (Å²) in [7, 11) is 0. The largest absolute Gasteiger partial charge is 0.478 e. The number of aldehydes is 1. The summed E-state index contributed by atoms with van der Waals surface area (Å²) in [5.41, 5.74) is 0.531. The number of carbonyl (C=O) groups is 2. The van der Waals surface area contributed by atoms with Crippen LogP contribution in [0.25, 0.3) is 0 Å². The summed E-state index contributed by atoms with van der Waals surface area (Å²) >= 11 is 0. The van der Waals surface area contributed by atoms with Gasteiger partial charge in [0.1, 0.15) is 12.0 Å². The van der Waals surface area contributed by atoms with Crippen LogP contribution in [0.2, 0.25) is 0 Å². The summed E-state index contributed by atoms with van der Waals surface area (Å²) in [4.78, 5) is 21.3. The molecule has 0 aromatic heterocycles. The van der Waals surface area contributed by atoms with E-state index in [2.05, 4.69) is 0 Å². The summed E-state index contributed by atoms with van der Waals surface area (Å²) in [6.07, 6.45) is -0.150. The van der Waals surface area contributed by atoms with Gasteiger partial charge < -0.3 is 9.84 Å². The first-order valence-electron chi connectivity index (χ1n) is 4.99. The number of hydrogen-bond donors (Lipinski definition) is 1. The van der Waals surface area contributed by atoms with E-state index in [-0.39, 0.29) is 5.92 Å². The predicted molar refractivity (Wildman–Crippen MR) is 58.7 cm³/mol. The van der Waals surface area contributed by atoms with Crippen molar-refractivity contribution >= 4 is 12.3 Å². The summed E-state index contributed by atoms with van der Waals surface area (Å²) in [6.45, 7) is 3.55. The van der Waals surface area contributed by atoms with E-state index in [9.17, 15) is 9.59 Å². The van der Waals surface area contributed by atoms with E-state index in [4.69, 9.17) is 9.84 Å². The molecule has 0 unspecified atom stereocenters. The number of benzene rings is 1. The Bertz CT molecular complexity index is 367. The first-order valence-corrected chi connectivity index (χ1v) is 4.99. The van der Waals surface area contributed by atoms with Crippen molar-refractivity contribution in [1.29, 1.82) is 0 Å². The van der Waals surface area contributed by atoms with Gasteiger partial charge in [-0.1, -0.05) is 13.8 Å². The lowest BCUT2D eigenvalue weighted by Crippen LogP contribution is -2.32. The third kappa shape index (κ3) is 3.08. The first-order chi connectivity index (χ1) is 7.54. The van der Waals surface area contributed by atoms with Gasteiger partial charge in [-0.2, -0.15) is 0 Å². The molecule has 0 radical (unpaired) electrons.